The van der Waals surface area contributed by atoms with Crippen LogP contribution >= 0.6 is 0 Å². The molecule has 0 radical (unpaired) electrons. The summed E-state index contributed by atoms with van der Waals surface area (Å²) in [5.74, 6) is 0.324. The highest BCUT2D eigenvalue weighted by atomic mass is 16.4. The molecule has 0 aromatic rings. The normalized spacial score (nSPS) is 48.0. The highest BCUT2D eigenvalue weighted by molar-refractivity contribution is 5.76. The SMILES string of the molecule is C=C(CCC(C)C1CCC2C3CCC4CC(O)CC(O)C4(C)C3C(O)CC12C(=O)O)C(C)C. The van der Waals surface area contributed by atoms with Crippen LogP contribution in [0.1, 0.15) is 85.5 Å². The molecule has 0 heterocycles. The highest BCUT2D eigenvalue weighted by Crippen LogP contribution is 2.68. The first-order chi connectivity index (χ1) is 15.4. The Balaban J connectivity index is 1.62. The van der Waals surface area contributed by atoms with Crippen LogP contribution in [0.4, 0.5) is 0 Å². The van der Waals surface area contributed by atoms with Crippen molar-refractivity contribution in [1.82, 2.24) is 0 Å². The molecule has 11 unspecified atom stereocenters. The largest absolute Gasteiger partial charge is 0.481 e. The van der Waals surface area contributed by atoms with E-state index in [1.54, 1.807) is 0 Å². The van der Waals surface area contributed by atoms with Gasteiger partial charge in [0.2, 0.25) is 0 Å². The molecule has 33 heavy (non-hydrogen) atoms. The predicted octanol–water partition coefficient (Wildman–Crippen LogP) is 4.64. The quantitative estimate of drug-likeness (QED) is 0.431. The Kier molecular flexibility index (Phi) is 6.83. The monoisotopic (exact) mass is 462 g/mol. The Hall–Kier alpha value is -0.910. The summed E-state index contributed by atoms with van der Waals surface area (Å²) in [7, 11) is 0. The lowest BCUT2D eigenvalue weighted by molar-refractivity contribution is -0.223. The van der Waals surface area contributed by atoms with Crippen LogP contribution in [0.2, 0.25) is 0 Å². The van der Waals surface area contributed by atoms with Crippen LogP contribution in [0.3, 0.4) is 0 Å². The molecular formula is C28H46O5. The molecule has 188 valence electrons. The Labute approximate surface area is 199 Å². The molecule has 0 aromatic heterocycles. The second-order valence-corrected chi connectivity index (χ2v) is 12.7. The third kappa shape index (κ3) is 3.81. The summed E-state index contributed by atoms with van der Waals surface area (Å²) in [6.45, 7) is 12.8. The molecular weight excluding hydrogens is 416 g/mol. The Morgan fingerprint density at radius 2 is 1.76 bits per heavy atom. The fourth-order valence-corrected chi connectivity index (χ4v) is 9.19. The maximum Gasteiger partial charge on any atom is 0.310 e. The smallest absolute Gasteiger partial charge is 0.310 e. The van der Waals surface area contributed by atoms with Crippen LogP contribution in [-0.2, 0) is 4.79 Å². The van der Waals surface area contributed by atoms with Gasteiger partial charge < -0.3 is 20.4 Å². The Morgan fingerprint density at radius 3 is 2.39 bits per heavy atom. The van der Waals surface area contributed by atoms with E-state index in [4.69, 9.17) is 0 Å². The van der Waals surface area contributed by atoms with E-state index < -0.39 is 35.1 Å². The lowest BCUT2D eigenvalue weighted by Crippen LogP contribution is -2.64. The van der Waals surface area contributed by atoms with E-state index in [-0.39, 0.29) is 35.5 Å². The van der Waals surface area contributed by atoms with Gasteiger partial charge in [-0.05, 0) is 99.2 Å². The second kappa shape index (κ2) is 8.95. The Morgan fingerprint density at radius 1 is 1.06 bits per heavy atom. The van der Waals surface area contributed by atoms with Gasteiger partial charge in [-0.1, -0.05) is 39.8 Å². The third-order valence-electron chi connectivity index (χ3n) is 11.1. The van der Waals surface area contributed by atoms with E-state index in [1.807, 2.05) is 0 Å². The van der Waals surface area contributed by atoms with Crippen LogP contribution in [0, 0.1) is 52.3 Å². The number of carbonyl (C=O) groups is 1. The van der Waals surface area contributed by atoms with Crippen LogP contribution in [0.25, 0.3) is 0 Å². The number of aliphatic carboxylic acids is 1. The summed E-state index contributed by atoms with van der Waals surface area (Å²) in [6.07, 6.45) is 4.96. The second-order valence-electron chi connectivity index (χ2n) is 12.7. The summed E-state index contributed by atoms with van der Waals surface area (Å²) in [5.41, 5.74) is -0.101. The third-order valence-corrected chi connectivity index (χ3v) is 11.1. The number of aliphatic hydroxyl groups excluding tert-OH is 3. The molecule has 4 aliphatic carbocycles. The number of allylic oxidation sites excluding steroid dienone is 1. The highest BCUT2D eigenvalue weighted by Gasteiger charge is 2.69. The number of rotatable bonds is 6. The van der Waals surface area contributed by atoms with E-state index in [0.717, 1.165) is 38.5 Å². The summed E-state index contributed by atoms with van der Waals surface area (Å²) in [4.78, 5) is 13.0. The van der Waals surface area contributed by atoms with Gasteiger partial charge in [0.05, 0.1) is 23.7 Å². The molecule has 4 aliphatic rings. The van der Waals surface area contributed by atoms with Crippen molar-refractivity contribution in [3.63, 3.8) is 0 Å². The van der Waals surface area contributed by atoms with E-state index in [1.165, 1.54) is 5.57 Å². The van der Waals surface area contributed by atoms with Crippen molar-refractivity contribution in [2.24, 2.45) is 52.3 Å². The van der Waals surface area contributed by atoms with Gasteiger partial charge in [-0.3, -0.25) is 4.79 Å². The molecule has 0 bridgehead atoms. The van der Waals surface area contributed by atoms with Crippen LogP contribution in [-0.4, -0.2) is 44.7 Å². The summed E-state index contributed by atoms with van der Waals surface area (Å²) in [6, 6.07) is 0. The van der Waals surface area contributed by atoms with E-state index in [0.29, 0.717) is 25.2 Å². The molecule has 0 aliphatic heterocycles. The molecule has 0 saturated heterocycles. The van der Waals surface area contributed by atoms with Gasteiger partial charge in [-0.2, -0.15) is 0 Å². The summed E-state index contributed by atoms with van der Waals surface area (Å²) in [5, 5.41) is 43.6. The molecule has 4 fully saturated rings. The first-order valence-electron chi connectivity index (χ1n) is 13.4. The molecule has 0 amide bonds. The molecule has 0 aromatic carbocycles. The minimum absolute atomic E-state index is 0.0565. The van der Waals surface area contributed by atoms with Crippen LogP contribution in [0.15, 0.2) is 12.2 Å². The predicted molar refractivity (Wildman–Crippen MR) is 128 cm³/mol. The van der Waals surface area contributed by atoms with Gasteiger partial charge in [-0.15, -0.1) is 0 Å². The van der Waals surface area contributed by atoms with Gasteiger partial charge in [0.1, 0.15) is 0 Å². The topological polar surface area (TPSA) is 98.0 Å². The first kappa shape index (κ1) is 25.2. The molecule has 4 rings (SSSR count). The van der Waals surface area contributed by atoms with E-state index in [2.05, 4.69) is 34.3 Å². The fraction of sp³-hybridized carbons (Fsp3) is 0.893. The maximum absolute atomic E-state index is 13.0. The summed E-state index contributed by atoms with van der Waals surface area (Å²) < 4.78 is 0. The van der Waals surface area contributed by atoms with Crippen LogP contribution in [0.5, 0.6) is 0 Å². The number of fused-ring (bicyclic) bond motifs is 5. The van der Waals surface area contributed by atoms with Crippen molar-refractivity contribution in [3.8, 4) is 0 Å². The first-order valence-corrected chi connectivity index (χ1v) is 13.4. The molecule has 4 N–H and O–H groups in total. The van der Waals surface area contributed by atoms with Crippen molar-refractivity contribution in [2.75, 3.05) is 0 Å². The van der Waals surface area contributed by atoms with Gasteiger partial charge >= 0.3 is 5.97 Å². The lowest BCUT2D eigenvalue weighted by atomic mass is 9.42. The van der Waals surface area contributed by atoms with Crippen molar-refractivity contribution < 1.29 is 25.2 Å². The number of carboxylic acids is 1. The van der Waals surface area contributed by atoms with Crippen molar-refractivity contribution in [2.45, 2.75) is 104 Å². The van der Waals surface area contributed by atoms with Gasteiger partial charge in [-0.25, -0.2) is 0 Å². The van der Waals surface area contributed by atoms with Gasteiger partial charge in [0.15, 0.2) is 0 Å². The zero-order valence-electron chi connectivity index (χ0n) is 21.0. The average Bonchev–Trinajstić information content (AvgIpc) is 3.13. The van der Waals surface area contributed by atoms with Crippen molar-refractivity contribution in [1.29, 1.82) is 0 Å². The van der Waals surface area contributed by atoms with Gasteiger partial charge in [0, 0.05) is 5.41 Å². The van der Waals surface area contributed by atoms with Crippen molar-refractivity contribution in [3.05, 3.63) is 12.2 Å². The number of carboxylic acid groups (broad SMARTS) is 1. The molecule has 4 saturated carbocycles. The summed E-state index contributed by atoms with van der Waals surface area (Å²) >= 11 is 0. The van der Waals surface area contributed by atoms with Crippen molar-refractivity contribution >= 4 is 5.97 Å². The molecule has 5 heteroatoms. The lowest BCUT2D eigenvalue weighted by Gasteiger charge is -2.63. The number of aliphatic hydroxyl groups is 3. The molecule has 5 nitrogen and oxygen atoms in total. The molecule has 11 atom stereocenters. The fourth-order valence-electron chi connectivity index (χ4n) is 9.19. The number of hydrogen-bond donors (Lipinski definition) is 4. The van der Waals surface area contributed by atoms with E-state index >= 15 is 0 Å². The Bertz CT molecular complexity index is 763. The van der Waals surface area contributed by atoms with E-state index in [9.17, 15) is 25.2 Å². The molecule has 0 spiro atoms. The standard InChI is InChI=1S/C28H46O5/c1-15(2)16(3)6-7-17(4)21-10-11-22-20-9-8-18-12-19(29)13-24(31)27(18,5)25(20)23(30)14-28(21,22)26(32)33/h15,17-25,29-31H,3,6-14H2,1-2,4-5H3,(H,32,33). The zero-order chi connectivity index (χ0) is 24.3. The minimum Gasteiger partial charge on any atom is -0.481 e. The minimum atomic E-state index is -0.874. The van der Waals surface area contributed by atoms with Gasteiger partial charge in [0.25, 0.3) is 0 Å². The zero-order valence-corrected chi connectivity index (χ0v) is 21.0. The van der Waals surface area contributed by atoms with Crippen LogP contribution < -0.4 is 0 Å². The average molecular weight is 463 g/mol. The number of hydrogen-bond acceptors (Lipinski definition) is 4. The maximum atomic E-state index is 13.0.